The van der Waals surface area contributed by atoms with Crippen LogP contribution in [-0.4, -0.2) is 42.0 Å². The molecule has 1 aliphatic carbocycles. The Morgan fingerprint density at radius 1 is 1.13 bits per heavy atom. The van der Waals surface area contributed by atoms with Gasteiger partial charge in [-0.3, -0.25) is 9.78 Å². The van der Waals surface area contributed by atoms with Gasteiger partial charge in [-0.05, 0) is 87.7 Å². The van der Waals surface area contributed by atoms with Gasteiger partial charge in [0, 0.05) is 25.2 Å². The van der Waals surface area contributed by atoms with E-state index < -0.39 is 0 Å². The lowest BCUT2D eigenvalue weighted by Gasteiger charge is -2.45. The maximum Gasteiger partial charge on any atom is 0.272 e. The maximum atomic E-state index is 12.6. The smallest absolute Gasteiger partial charge is 0.272 e. The Kier molecular flexibility index (Phi) is 7.88. The first-order chi connectivity index (χ1) is 15.0. The molecule has 168 valence electrons. The topological polar surface area (TPSA) is 45.2 Å². The van der Waals surface area contributed by atoms with Crippen molar-refractivity contribution in [3.8, 4) is 0 Å². The molecule has 1 amide bonds. The normalized spacial score (nSPS) is 19.2. The van der Waals surface area contributed by atoms with Crippen molar-refractivity contribution < 1.29 is 4.79 Å². The molecule has 4 rings (SSSR count). The van der Waals surface area contributed by atoms with Crippen molar-refractivity contribution in [2.75, 3.05) is 26.2 Å². The van der Waals surface area contributed by atoms with E-state index in [1.165, 1.54) is 47.9 Å². The molecule has 0 bridgehead atoms. The molecule has 2 heterocycles. The molecule has 1 aromatic heterocycles. The second-order valence-electron chi connectivity index (χ2n) is 8.84. The molecule has 4 nitrogen and oxygen atoms in total. The maximum absolute atomic E-state index is 12.6. The molecule has 1 fully saturated rings. The van der Waals surface area contributed by atoms with Crippen LogP contribution in [0, 0.1) is 12.3 Å². The van der Waals surface area contributed by atoms with Gasteiger partial charge in [-0.25, -0.2) is 0 Å². The lowest BCUT2D eigenvalue weighted by atomic mass is 9.61. The van der Waals surface area contributed by atoms with Crippen LogP contribution in [0.2, 0.25) is 0 Å². The first-order valence-corrected chi connectivity index (χ1v) is 12.1. The van der Waals surface area contributed by atoms with Crippen LogP contribution in [0.4, 0.5) is 0 Å². The summed E-state index contributed by atoms with van der Waals surface area (Å²) in [6.07, 6.45) is 6.79. The number of hydrogen-bond acceptors (Lipinski definition) is 3. The number of hydrogen-bond donors (Lipinski definition) is 1. The Balaban J connectivity index is 0.00000132. The number of carbonyl (C=O) groups is 1. The number of aromatic nitrogens is 1. The summed E-state index contributed by atoms with van der Waals surface area (Å²) in [6.45, 7) is 13.9. The first-order valence-electron chi connectivity index (χ1n) is 12.1. The molecular weight excluding hydrogens is 382 g/mol. The minimum atomic E-state index is 0.0243. The van der Waals surface area contributed by atoms with E-state index in [1.807, 2.05) is 44.9 Å². The number of aryl methyl sites for hydroxylation is 1. The Labute approximate surface area is 188 Å². The number of piperidine rings is 1. The molecule has 1 unspecified atom stereocenters. The fraction of sp³-hybridized carbons (Fsp3) is 0.556. The second kappa shape index (κ2) is 10.4. The van der Waals surface area contributed by atoms with Gasteiger partial charge >= 0.3 is 0 Å². The predicted molar refractivity (Wildman–Crippen MR) is 129 cm³/mol. The van der Waals surface area contributed by atoms with Gasteiger partial charge < -0.3 is 10.2 Å². The van der Waals surface area contributed by atoms with Gasteiger partial charge in [-0.2, -0.15) is 0 Å². The Bertz CT molecular complexity index is 865. The molecule has 1 aliphatic heterocycles. The van der Waals surface area contributed by atoms with E-state index in [9.17, 15) is 4.79 Å². The van der Waals surface area contributed by atoms with E-state index in [4.69, 9.17) is 0 Å². The molecule has 4 heteroatoms. The highest BCUT2D eigenvalue weighted by Gasteiger charge is 2.40. The number of carbonyl (C=O) groups excluding carboxylic acids is 1. The number of rotatable bonds is 4. The summed E-state index contributed by atoms with van der Waals surface area (Å²) in [5, 5.41) is 3.53. The number of pyridine rings is 1. The van der Waals surface area contributed by atoms with E-state index in [2.05, 4.69) is 41.5 Å². The van der Waals surface area contributed by atoms with Crippen LogP contribution in [-0.2, 0) is 6.42 Å². The zero-order chi connectivity index (χ0) is 22.4. The molecule has 1 N–H and O–H groups in total. The van der Waals surface area contributed by atoms with Crippen LogP contribution in [0.25, 0.3) is 0 Å². The lowest BCUT2D eigenvalue weighted by Crippen LogP contribution is -2.41. The van der Waals surface area contributed by atoms with Gasteiger partial charge in [0.15, 0.2) is 0 Å². The summed E-state index contributed by atoms with van der Waals surface area (Å²) in [4.78, 5) is 19.1. The van der Waals surface area contributed by atoms with Crippen molar-refractivity contribution in [1.29, 1.82) is 0 Å². The monoisotopic (exact) mass is 421 g/mol. The minimum Gasteiger partial charge on any atom is -0.338 e. The number of benzene rings is 1. The van der Waals surface area contributed by atoms with Gasteiger partial charge in [0.2, 0.25) is 0 Å². The Morgan fingerprint density at radius 3 is 2.45 bits per heavy atom. The van der Waals surface area contributed by atoms with E-state index >= 15 is 0 Å². The van der Waals surface area contributed by atoms with E-state index in [1.54, 1.807) is 0 Å². The molecule has 1 atom stereocenters. The Morgan fingerprint density at radius 2 is 1.84 bits per heavy atom. The van der Waals surface area contributed by atoms with Crippen LogP contribution in [0.1, 0.15) is 85.6 Å². The number of amides is 1. The summed E-state index contributed by atoms with van der Waals surface area (Å²) in [5.74, 6) is 0.387. The highest BCUT2D eigenvalue weighted by molar-refractivity contribution is 5.92. The van der Waals surface area contributed by atoms with E-state index in [0.29, 0.717) is 30.1 Å². The van der Waals surface area contributed by atoms with Crippen molar-refractivity contribution in [2.45, 2.75) is 66.2 Å². The number of fused-ring (bicyclic) bond motifs is 1. The summed E-state index contributed by atoms with van der Waals surface area (Å²) < 4.78 is 0. The number of nitrogens with one attached hydrogen (secondary N) is 1. The highest BCUT2D eigenvalue weighted by atomic mass is 16.2. The van der Waals surface area contributed by atoms with E-state index in [-0.39, 0.29) is 5.91 Å². The van der Waals surface area contributed by atoms with Crippen molar-refractivity contribution in [2.24, 2.45) is 5.41 Å². The molecule has 1 spiro atoms. The third-order valence-corrected chi connectivity index (χ3v) is 7.00. The fourth-order valence-electron chi connectivity index (χ4n) is 5.27. The summed E-state index contributed by atoms with van der Waals surface area (Å²) in [7, 11) is 0. The summed E-state index contributed by atoms with van der Waals surface area (Å²) >= 11 is 0. The minimum absolute atomic E-state index is 0.0243. The Hall–Kier alpha value is -2.20. The van der Waals surface area contributed by atoms with Crippen LogP contribution < -0.4 is 5.32 Å². The zero-order valence-electron chi connectivity index (χ0n) is 20.0. The highest BCUT2D eigenvalue weighted by Crippen LogP contribution is 2.49. The second-order valence-corrected chi connectivity index (χ2v) is 8.84. The largest absolute Gasteiger partial charge is 0.338 e. The van der Waals surface area contributed by atoms with Crippen molar-refractivity contribution >= 4 is 5.91 Å². The molecule has 0 radical (unpaired) electrons. The molecular formula is C27H39N3O. The van der Waals surface area contributed by atoms with Gasteiger partial charge in [0.25, 0.3) is 5.91 Å². The van der Waals surface area contributed by atoms with Crippen molar-refractivity contribution in [3.63, 3.8) is 0 Å². The SMILES string of the molecule is CC.CCN(CC)C(=O)c1ccc(C2CC3(CCNCC3)Cc3ccc(C)cc32)cn1. The van der Waals surface area contributed by atoms with Gasteiger partial charge in [0.1, 0.15) is 5.69 Å². The average molecular weight is 422 g/mol. The van der Waals surface area contributed by atoms with Crippen molar-refractivity contribution in [1.82, 2.24) is 15.2 Å². The molecule has 31 heavy (non-hydrogen) atoms. The fourth-order valence-corrected chi connectivity index (χ4v) is 5.27. The molecule has 2 aromatic rings. The quantitative estimate of drug-likeness (QED) is 0.724. The molecule has 0 saturated carbocycles. The summed E-state index contributed by atoms with van der Waals surface area (Å²) in [5.41, 5.74) is 6.44. The first kappa shape index (κ1) is 23.5. The summed E-state index contributed by atoms with van der Waals surface area (Å²) in [6, 6.07) is 11.0. The number of nitrogens with zero attached hydrogens (tertiary/aromatic N) is 2. The molecule has 1 saturated heterocycles. The standard InChI is InChI=1S/C25H33N3O.C2H6/c1-4-28(5-2)24(29)23-9-8-20(17-27-23)22-16-25(10-12-26-13-11-25)15-19-7-6-18(3)14-21(19)22;1-2/h6-9,14,17,22,26H,4-5,10-13,15-16H2,1-3H3;1-2H3. The average Bonchev–Trinajstić information content (AvgIpc) is 2.82. The zero-order valence-corrected chi connectivity index (χ0v) is 20.0. The van der Waals surface area contributed by atoms with Crippen LogP contribution in [0.15, 0.2) is 36.5 Å². The predicted octanol–water partition coefficient (Wildman–Crippen LogP) is 5.35. The molecule has 1 aromatic carbocycles. The molecule has 2 aliphatic rings. The van der Waals surface area contributed by atoms with Gasteiger partial charge in [-0.15, -0.1) is 0 Å². The lowest BCUT2D eigenvalue weighted by molar-refractivity contribution is 0.0767. The van der Waals surface area contributed by atoms with Gasteiger partial charge in [-0.1, -0.05) is 43.7 Å². The van der Waals surface area contributed by atoms with E-state index in [0.717, 1.165) is 13.1 Å². The van der Waals surface area contributed by atoms with Crippen LogP contribution in [0.5, 0.6) is 0 Å². The van der Waals surface area contributed by atoms with Crippen molar-refractivity contribution in [3.05, 3.63) is 64.5 Å². The van der Waals surface area contributed by atoms with Gasteiger partial charge in [0.05, 0.1) is 0 Å². The van der Waals surface area contributed by atoms with Crippen LogP contribution in [0.3, 0.4) is 0 Å². The van der Waals surface area contributed by atoms with Crippen LogP contribution >= 0.6 is 0 Å². The third kappa shape index (κ3) is 5.01. The third-order valence-electron chi connectivity index (χ3n) is 7.00.